The van der Waals surface area contributed by atoms with E-state index in [0.29, 0.717) is 12.0 Å². The standard InChI is InChI=1S/C31H38N6O/c1-21-16-29(26-17-32-36(30(26)33-21)18-24-4-6-25(38-3)7-5-24)35-15-11-28-27(19-35)22(2)34-37(28)20-31-12-8-23(9-13-31)10-14-31/h4-7,16-17,23H,8-15,18-20H2,1-3H3. The van der Waals surface area contributed by atoms with Crippen molar-refractivity contribution in [1.82, 2.24) is 24.5 Å². The number of methoxy groups -OCH3 is 1. The van der Waals surface area contributed by atoms with Crippen LogP contribution in [0.4, 0.5) is 5.69 Å². The van der Waals surface area contributed by atoms with Gasteiger partial charge in [-0.05, 0) is 87.5 Å². The number of aryl methyl sites for hydroxylation is 2. The normalized spacial score (nSPS) is 22.7. The Hall–Kier alpha value is -3.35. The second-order valence-electron chi connectivity index (χ2n) is 12.0. The van der Waals surface area contributed by atoms with Crippen molar-refractivity contribution >= 4 is 16.7 Å². The summed E-state index contributed by atoms with van der Waals surface area (Å²) in [7, 11) is 1.69. The molecule has 1 aromatic carbocycles. The number of hydrogen-bond acceptors (Lipinski definition) is 5. The Morgan fingerprint density at radius 3 is 2.53 bits per heavy atom. The van der Waals surface area contributed by atoms with Crippen molar-refractivity contribution in [2.24, 2.45) is 11.3 Å². The van der Waals surface area contributed by atoms with Gasteiger partial charge in [-0.25, -0.2) is 9.67 Å². The van der Waals surface area contributed by atoms with Crippen LogP contribution in [0.2, 0.25) is 0 Å². The summed E-state index contributed by atoms with van der Waals surface area (Å²) in [4.78, 5) is 7.42. The molecule has 7 nitrogen and oxygen atoms in total. The number of ether oxygens (including phenoxy) is 1. The molecular weight excluding hydrogens is 472 g/mol. The van der Waals surface area contributed by atoms with Crippen molar-refractivity contribution in [3.63, 3.8) is 0 Å². The Bertz CT molecular complexity index is 1460. The lowest BCUT2D eigenvalue weighted by molar-refractivity contribution is 0.0439. The van der Waals surface area contributed by atoms with Gasteiger partial charge in [0.15, 0.2) is 5.65 Å². The van der Waals surface area contributed by atoms with Crippen LogP contribution in [-0.2, 0) is 26.1 Å². The second kappa shape index (κ2) is 9.14. The van der Waals surface area contributed by atoms with Crippen molar-refractivity contribution in [2.45, 2.75) is 78.4 Å². The predicted octanol–water partition coefficient (Wildman–Crippen LogP) is 5.83. The van der Waals surface area contributed by atoms with E-state index < -0.39 is 0 Å². The van der Waals surface area contributed by atoms with Gasteiger partial charge >= 0.3 is 0 Å². The highest BCUT2D eigenvalue weighted by Gasteiger charge is 2.41. The number of rotatable bonds is 6. The molecule has 1 aliphatic heterocycles. The van der Waals surface area contributed by atoms with Gasteiger partial charge in [-0.15, -0.1) is 0 Å². The number of anilines is 1. The van der Waals surface area contributed by atoms with Gasteiger partial charge in [0.05, 0.1) is 36.6 Å². The van der Waals surface area contributed by atoms with E-state index in [1.165, 1.54) is 66.7 Å². The van der Waals surface area contributed by atoms with Crippen molar-refractivity contribution in [3.8, 4) is 5.75 Å². The smallest absolute Gasteiger partial charge is 0.160 e. The van der Waals surface area contributed by atoms with Crippen LogP contribution >= 0.6 is 0 Å². The topological polar surface area (TPSA) is 61.0 Å². The van der Waals surface area contributed by atoms with Gasteiger partial charge in [0, 0.05) is 43.0 Å². The highest BCUT2D eigenvalue weighted by Crippen LogP contribution is 2.51. The summed E-state index contributed by atoms with van der Waals surface area (Å²) in [6.07, 6.45) is 11.5. The van der Waals surface area contributed by atoms with Crippen LogP contribution in [0.1, 0.15) is 66.7 Å². The predicted molar refractivity (Wildman–Crippen MR) is 150 cm³/mol. The molecule has 0 atom stereocenters. The van der Waals surface area contributed by atoms with Crippen LogP contribution < -0.4 is 9.64 Å². The molecule has 3 fully saturated rings. The largest absolute Gasteiger partial charge is 0.497 e. The van der Waals surface area contributed by atoms with Crippen molar-refractivity contribution in [2.75, 3.05) is 18.6 Å². The Labute approximate surface area is 224 Å². The van der Waals surface area contributed by atoms with Gasteiger partial charge in [-0.2, -0.15) is 10.2 Å². The number of nitrogens with zero attached hydrogens (tertiary/aromatic N) is 6. The van der Waals surface area contributed by atoms with E-state index in [4.69, 9.17) is 19.9 Å². The maximum atomic E-state index is 5.31. The number of fused-ring (bicyclic) bond motifs is 5. The molecule has 8 rings (SSSR count). The molecule has 0 unspecified atom stereocenters. The molecule has 7 heteroatoms. The highest BCUT2D eigenvalue weighted by molar-refractivity contribution is 5.90. The van der Waals surface area contributed by atoms with Crippen LogP contribution in [0.15, 0.2) is 36.5 Å². The first kappa shape index (κ1) is 23.7. The van der Waals surface area contributed by atoms with E-state index in [2.05, 4.69) is 41.6 Å². The van der Waals surface area contributed by atoms with Gasteiger partial charge in [-0.1, -0.05) is 12.1 Å². The summed E-state index contributed by atoms with van der Waals surface area (Å²) < 4.78 is 9.74. The SMILES string of the molecule is COc1ccc(Cn2ncc3c(N4CCc5c(c(C)nn5CC56CCC(CC5)CC6)C4)cc(C)nc32)cc1. The number of benzene rings is 1. The van der Waals surface area contributed by atoms with E-state index in [9.17, 15) is 0 Å². The fourth-order valence-corrected chi connectivity index (χ4v) is 7.33. The van der Waals surface area contributed by atoms with Crippen LogP contribution in [0.25, 0.3) is 11.0 Å². The molecule has 38 heavy (non-hydrogen) atoms. The molecule has 0 radical (unpaired) electrons. The summed E-state index contributed by atoms with van der Waals surface area (Å²) >= 11 is 0. The molecule has 0 amide bonds. The summed E-state index contributed by atoms with van der Waals surface area (Å²) in [5.41, 5.74) is 8.96. The van der Waals surface area contributed by atoms with E-state index in [0.717, 1.165) is 54.4 Å². The molecule has 4 aliphatic rings. The van der Waals surface area contributed by atoms with Crippen LogP contribution in [0, 0.1) is 25.2 Å². The van der Waals surface area contributed by atoms with E-state index in [-0.39, 0.29) is 0 Å². The number of pyridine rings is 1. The fraction of sp³-hybridized carbons (Fsp3) is 0.516. The maximum absolute atomic E-state index is 5.31. The molecule has 0 spiro atoms. The van der Waals surface area contributed by atoms with E-state index in [1.807, 2.05) is 23.0 Å². The lowest BCUT2D eigenvalue weighted by Crippen LogP contribution is -2.38. The average molecular weight is 511 g/mol. The lowest BCUT2D eigenvalue weighted by Gasteiger charge is -2.46. The van der Waals surface area contributed by atoms with Gasteiger partial charge in [0.25, 0.3) is 0 Å². The maximum Gasteiger partial charge on any atom is 0.160 e. The monoisotopic (exact) mass is 510 g/mol. The third-order valence-electron chi connectivity index (χ3n) is 9.62. The Morgan fingerprint density at radius 2 is 1.79 bits per heavy atom. The third kappa shape index (κ3) is 4.07. The number of hydrogen-bond donors (Lipinski definition) is 0. The Kier molecular flexibility index (Phi) is 5.71. The fourth-order valence-electron chi connectivity index (χ4n) is 7.33. The van der Waals surface area contributed by atoms with Gasteiger partial charge in [-0.3, -0.25) is 4.68 Å². The minimum atomic E-state index is 0.491. The second-order valence-corrected chi connectivity index (χ2v) is 12.0. The molecular formula is C31H38N6O. The lowest BCUT2D eigenvalue weighted by atomic mass is 9.61. The van der Waals surface area contributed by atoms with Gasteiger partial charge in [0.2, 0.25) is 0 Å². The molecule has 198 valence electrons. The summed E-state index contributed by atoms with van der Waals surface area (Å²) in [5.74, 6) is 1.86. The molecule has 3 aliphatic carbocycles. The van der Waals surface area contributed by atoms with Gasteiger partial charge < -0.3 is 9.64 Å². The molecule has 0 saturated heterocycles. The zero-order valence-corrected chi connectivity index (χ0v) is 22.9. The quantitative estimate of drug-likeness (QED) is 0.326. The van der Waals surface area contributed by atoms with Crippen molar-refractivity contribution in [3.05, 3.63) is 64.7 Å². The summed E-state index contributed by atoms with van der Waals surface area (Å²) in [6.45, 7) is 7.99. The zero-order chi connectivity index (χ0) is 25.9. The van der Waals surface area contributed by atoms with Gasteiger partial charge in [0.1, 0.15) is 5.75 Å². The molecule has 3 saturated carbocycles. The van der Waals surface area contributed by atoms with Crippen LogP contribution in [0.5, 0.6) is 5.75 Å². The molecule has 4 heterocycles. The summed E-state index contributed by atoms with van der Waals surface area (Å²) in [6, 6.07) is 10.4. The van der Waals surface area contributed by atoms with Crippen molar-refractivity contribution < 1.29 is 4.74 Å². The van der Waals surface area contributed by atoms with E-state index >= 15 is 0 Å². The molecule has 4 aromatic rings. The first-order chi connectivity index (χ1) is 18.5. The van der Waals surface area contributed by atoms with Crippen LogP contribution in [0.3, 0.4) is 0 Å². The van der Waals surface area contributed by atoms with Crippen molar-refractivity contribution in [1.29, 1.82) is 0 Å². The average Bonchev–Trinajstić information content (AvgIpc) is 3.49. The first-order valence-corrected chi connectivity index (χ1v) is 14.3. The third-order valence-corrected chi connectivity index (χ3v) is 9.62. The Balaban J connectivity index is 1.16. The Morgan fingerprint density at radius 1 is 1.03 bits per heavy atom. The van der Waals surface area contributed by atoms with E-state index in [1.54, 1.807) is 7.11 Å². The molecule has 3 aromatic heterocycles. The molecule has 2 bridgehead atoms. The minimum absolute atomic E-state index is 0.491. The zero-order valence-electron chi connectivity index (χ0n) is 22.9. The minimum Gasteiger partial charge on any atom is -0.497 e. The highest BCUT2D eigenvalue weighted by atomic mass is 16.5. The number of aromatic nitrogens is 5. The summed E-state index contributed by atoms with van der Waals surface area (Å²) in [5, 5.41) is 11.0. The first-order valence-electron chi connectivity index (χ1n) is 14.3. The van der Waals surface area contributed by atoms with Crippen LogP contribution in [-0.4, -0.2) is 38.2 Å². The molecule has 0 N–H and O–H groups in total.